The first-order valence-corrected chi connectivity index (χ1v) is 8.73. The van der Waals surface area contributed by atoms with E-state index in [1.54, 1.807) is 17.5 Å². The molecule has 6 nitrogen and oxygen atoms in total. The van der Waals surface area contributed by atoms with Crippen LogP contribution >= 0.6 is 11.3 Å². The van der Waals surface area contributed by atoms with Crippen LogP contribution in [0.5, 0.6) is 0 Å². The number of nitrogens with zero attached hydrogens (tertiary/aromatic N) is 4. The smallest absolute Gasteiger partial charge is 0.257 e. The van der Waals surface area contributed by atoms with Gasteiger partial charge in [-0.3, -0.25) is 9.89 Å². The van der Waals surface area contributed by atoms with E-state index >= 15 is 0 Å². The summed E-state index contributed by atoms with van der Waals surface area (Å²) in [5.74, 6) is 0.0291. The van der Waals surface area contributed by atoms with E-state index in [9.17, 15) is 4.79 Å². The van der Waals surface area contributed by atoms with Crippen LogP contribution in [0.3, 0.4) is 0 Å². The summed E-state index contributed by atoms with van der Waals surface area (Å²) in [5, 5.41) is 10.0. The molecule has 7 heteroatoms. The normalized spacial score (nSPS) is 14.8. The highest BCUT2D eigenvalue weighted by atomic mass is 32.1. The van der Waals surface area contributed by atoms with Crippen molar-refractivity contribution in [2.24, 2.45) is 0 Å². The number of carbonyl (C=O) groups is 1. The zero-order chi connectivity index (χ0) is 16.4. The molecule has 0 aliphatic carbocycles. The first-order chi connectivity index (χ1) is 11.8. The number of hydrogen-bond donors (Lipinski definition) is 1. The number of piperazine rings is 1. The molecule has 3 heterocycles. The van der Waals surface area contributed by atoms with E-state index in [4.69, 9.17) is 0 Å². The Labute approximate surface area is 143 Å². The van der Waals surface area contributed by atoms with E-state index in [1.165, 1.54) is 0 Å². The second-order valence-electron chi connectivity index (χ2n) is 5.62. The van der Waals surface area contributed by atoms with Gasteiger partial charge in [0.1, 0.15) is 0 Å². The molecule has 1 aromatic carbocycles. The molecule has 0 atom stereocenters. The van der Waals surface area contributed by atoms with Crippen LogP contribution in [0.1, 0.15) is 10.4 Å². The Hall–Kier alpha value is -2.67. The lowest BCUT2D eigenvalue weighted by Crippen LogP contribution is -2.48. The van der Waals surface area contributed by atoms with E-state index in [2.05, 4.69) is 20.1 Å². The SMILES string of the molecule is O=C(c1cn[nH]c1-c1ccccc1)N1CCN(c2nccs2)CC1. The molecule has 1 amide bonds. The second kappa shape index (κ2) is 6.45. The topological polar surface area (TPSA) is 65.1 Å². The van der Waals surface area contributed by atoms with Crippen LogP contribution in [0.2, 0.25) is 0 Å². The van der Waals surface area contributed by atoms with Crippen LogP contribution < -0.4 is 4.90 Å². The van der Waals surface area contributed by atoms with Gasteiger partial charge in [0, 0.05) is 43.3 Å². The molecule has 0 saturated carbocycles. The molecule has 1 aliphatic heterocycles. The van der Waals surface area contributed by atoms with Crippen LogP contribution in [-0.2, 0) is 0 Å². The molecule has 24 heavy (non-hydrogen) atoms. The van der Waals surface area contributed by atoms with Gasteiger partial charge in [0.25, 0.3) is 5.91 Å². The summed E-state index contributed by atoms with van der Waals surface area (Å²) < 4.78 is 0. The van der Waals surface area contributed by atoms with Crippen molar-refractivity contribution < 1.29 is 4.79 Å². The van der Waals surface area contributed by atoms with Crippen molar-refractivity contribution >= 4 is 22.4 Å². The molecule has 0 unspecified atom stereocenters. The highest BCUT2D eigenvalue weighted by Gasteiger charge is 2.26. The minimum Gasteiger partial charge on any atom is -0.345 e. The number of anilines is 1. The molecule has 2 aromatic heterocycles. The number of hydrogen-bond acceptors (Lipinski definition) is 5. The third kappa shape index (κ3) is 2.78. The third-order valence-corrected chi connectivity index (χ3v) is 5.02. The van der Waals surface area contributed by atoms with Crippen LogP contribution in [0.4, 0.5) is 5.13 Å². The van der Waals surface area contributed by atoms with Crippen molar-refractivity contribution in [3.05, 3.63) is 53.7 Å². The molecule has 3 aromatic rings. The van der Waals surface area contributed by atoms with Crippen LogP contribution in [0.15, 0.2) is 48.1 Å². The molecular formula is C17H17N5OS. The Bertz CT molecular complexity index is 807. The van der Waals surface area contributed by atoms with Gasteiger partial charge in [0.15, 0.2) is 5.13 Å². The van der Waals surface area contributed by atoms with Gasteiger partial charge < -0.3 is 9.80 Å². The molecule has 1 N–H and O–H groups in total. The van der Waals surface area contributed by atoms with Crippen LogP contribution in [0, 0.1) is 0 Å². The van der Waals surface area contributed by atoms with Gasteiger partial charge in [-0.25, -0.2) is 4.98 Å². The molecule has 1 saturated heterocycles. The highest BCUT2D eigenvalue weighted by Crippen LogP contribution is 2.24. The van der Waals surface area contributed by atoms with Crippen molar-refractivity contribution in [3.8, 4) is 11.3 Å². The average molecular weight is 339 g/mol. The number of carbonyl (C=O) groups excluding carboxylic acids is 1. The van der Waals surface area contributed by atoms with E-state index in [0.717, 1.165) is 29.5 Å². The standard InChI is InChI=1S/C17H17N5OS/c23-16(14-12-19-20-15(14)13-4-2-1-3-5-13)21-7-9-22(10-8-21)17-18-6-11-24-17/h1-6,11-12H,7-10H2,(H,19,20). The zero-order valence-electron chi connectivity index (χ0n) is 13.1. The van der Waals surface area contributed by atoms with Crippen LogP contribution in [-0.4, -0.2) is 52.2 Å². The third-order valence-electron chi connectivity index (χ3n) is 4.19. The predicted octanol–water partition coefficient (Wildman–Crippen LogP) is 2.50. The van der Waals surface area contributed by atoms with Crippen molar-refractivity contribution in [1.82, 2.24) is 20.1 Å². The Morgan fingerprint density at radius 2 is 1.92 bits per heavy atom. The maximum absolute atomic E-state index is 12.9. The molecule has 0 spiro atoms. The molecular weight excluding hydrogens is 322 g/mol. The molecule has 1 fully saturated rings. The Balaban J connectivity index is 1.49. The largest absolute Gasteiger partial charge is 0.345 e. The van der Waals surface area contributed by atoms with Crippen LogP contribution in [0.25, 0.3) is 11.3 Å². The first kappa shape index (κ1) is 14.9. The summed E-state index contributed by atoms with van der Waals surface area (Å²) in [7, 11) is 0. The Morgan fingerprint density at radius 1 is 1.12 bits per heavy atom. The van der Waals surface area contributed by atoms with Crippen molar-refractivity contribution in [2.75, 3.05) is 31.1 Å². The number of amides is 1. The van der Waals surface area contributed by atoms with Crippen molar-refractivity contribution in [3.63, 3.8) is 0 Å². The lowest BCUT2D eigenvalue weighted by Gasteiger charge is -2.34. The van der Waals surface area contributed by atoms with Gasteiger partial charge in [-0.1, -0.05) is 30.3 Å². The maximum Gasteiger partial charge on any atom is 0.257 e. The van der Waals surface area contributed by atoms with Gasteiger partial charge in [-0.2, -0.15) is 5.10 Å². The molecule has 0 bridgehead atoms. The summed E-state index contributed by atoms with van der Waals surface area (Å²) in [5.41, 5.74) is 2.38. The lowest BCUT2D eigenvalue weighted by molar-refractivity contribution is 0.0747. The number of rotatable bonds is 3. The van der Waals surface area contributed by atoms with E-state index in [0.29, 0.717) is 18.7 Å². The molecule has 0 radical (unpaired) electrons. The van der Waals surface area contributed by atoms with E-state index < -0.39 is 0 Å². The van der Waals surface area contributed by atoms with Gasteiger partial charge >= 0.3 is 0 Å². The second-order valence-corrected chi connectivity index (χ2v) is 6.49. The fraction of sp³-hybridized carbons (Fsp3) is 0.235. The number of H-pyrrole nitrogens is 1. The summed E-state index contributed by atoms with van der Waals surface area (Å²) in [6, 6.07) is 9.82. The average Bonchev–Trinajstić information content (AvgIpc) is 3.34. The first-order valence-electron chi connectivity index (χ1n) is 7.85. The number of thiazole rings is 1. The summed E-state index contributed by atoms with van der Waals surface area (Å²) in [6.45, 7) is 2.99. The number of nitrogens with one attached hydrogen (secondary N) is 1. The molecule has 122 valence electrons. The van der Waals surface area contributed by atoms with E-state index in [1.807, 2.05) is 46.8 Å². The van der Waals surface area contributed by atoms with Gasteiger partial charge in [-0.05, 0) is 0 Å². The van der Waals surface area contributed by atoms with Gasteiger partial charge in [-0.15, -0.1) is 11.3 Å². The van der Waals surface area contributed by atoms with Gasteiger partial charge in [0.05, 0.1) is 17.5 Å². The fourth-order valence-corrected chi connectivity index (χ4v) is 3.61. The number of benzene rings is 1. The van der Waals surface area contributed by atoms with Crippen molar-refractivity contribution in [1.29, 1.82) is 0 Å². The lowest BCUT2D eigenvalue weighted by atomic mass is 10.1. The fourth-order valence-electron chi connectivity index (χ4n) is 2.92. The van der Waals surface area contributed by atoms with Crippen molar-refractivity contribution in [2.45, 2.75) is 0 Å². The predicted molar refractivity (Wildman–Crippen MR) is 94.3 cm³/mol. The summed E-state index contributed by atoms with van der Waals surface area (Å²) in [6.07, 6.45) is 3.44. The number of aromatic nitrogens is 3. The molecule has 1 aliphatic rings. The summed E-state index contributed by atoms with van der Waals surface area (Å²) in [4.78, 5) is 21.3. The van der Waals surface area contributed by atoms with E-state index in [-0.39, 0.29) is 5.91 Å². The maximum atomic E-state index is 12.9. The molecule has 4 rings (SSSR count). The Morgan fingerprint density at radius 3 is 2.62 bits per heavy atom. The summed E-state index contributed by atoms with van der Waals surface area (Å²) >= 11 is 1.63. The number of aromatic amines is 1. The monoisotopic (exact) mass is 339 g/mol. The Kier molecular flexibility index (Phi) is 4.00. The zero-order valence-corrected chi connectivity index (χ0v) is 13.9. The minimum atomic E-state index is 0.0291. The highest BCUT2D eigenvalue weighted by molar-refractivity contribution is 7.13. The van der Waals surface area contributed by atoms with Gasteiger partial charge in [0.2, 0.25) is 0 Å². The minimum absolute atomic E-state index is 0.0291. The quantitative estimate of drug-likeness (QED) is 0.796.